The molecule has 5 unspecified atom stereocenters. The summed E-state index contributed by atoms with van der Waals surface area (Å²) >= 11 is 0. The number of phosphoric ester groups is 2. The number of aliphatic hydroxyl groups is 1. The van der Waals surface area contributed by atoms with E-state index in [0.717, 1.165) is 173 Å². The van der Waals surface area contributed by atoms with Crippen molar-refractivity contribution in [3.8, 4) is 0 Å². The minimum absolute atomic E-state index is 0.0282. The van der Waals surface area contributed by atoms with Gasteiger partial charge in [-0.15, -0.1) is 0 Å². The van der Waals surface area contributed by atoms with Crippen molar-refractivity contribution in [1.29, 1.82) is 0 Å². The number of carbonyl (C=O) groups excluding carboxylic acids is 4. The van der Waals surface area contributed by atoms with Crippen LogP contribution in [-0.4, -0.2) is 96.7 Å². The van der Waals surface area contributed by atoms with Crippen LogP contribution in [-0.2, 0) is 65.4 Å². The fraction of sp³-hybridized carbons (Fsp3) is 0.624. The van der Waals surface area contributed by atoms with Gasteiger partial charge in [-0.25, -0.2) is 9.13 Å². The Kier molecular flexibility index (Phi) is 71.6. The van der Waals surface area contributed by atoms with Gasteiger partial charge in [-0.2, -0.15) is 0 Å². The van der Waals surface area contributed by atoms with Crippen LogP contribution in [0.1, 0.15) is 285 Å². The molecule has 0 radical (unpaired) electrons. The van der Waals surface area contributed by atoms with Gasteiger partial charge in [0.1, 0.15) is 19.3 Å². The fourth-order valence-electron chi connectivity index (χ4n) is 9.75. The maximum Gasteiger partial charge on any atom is 0.472 e. The maximum absolute atomic E-state index is 13.1. The van der Waals surface area contributed by atoms with E-state index in [4.69, 9.17) is 37.0 Å². The second kappa shape index (κ2) is 75.6. The summed E-state index contributed by atoms with van der Waals surface area (Å²) in [7, 11) is -10.0. The minimum atomic E-state index is -5.01. The van der Waals surface area contributed by atoms with Crippen molar-refractivity contribution < 1.29 is 80.2 Å². The molecule has 0 aromatic rings. The Morgan fingerprint density at radius 3 is 0.808 bits per heavy atom. The van der Waals surface area contributed by atoms with Crippen molar-refractivity contribution in [2.75, 3.05) is 39.6 Å². The number of rotatable bonds is 72. The Hall–Kier alpha value is -5.58. The molecule has 0 aromatic carbocycles. The number of hydrogen-bond donors (Lipinski definition) is 3. The third-order valence-corrected chi connectivity index (χ3v) is 17.6. The summed E-state index contributed by atoms with van der Waals surface area (Å²) in [5.41, 5.74) is 0. The van der Waals surface area contributed by atoms with Crippen molar-refractivity contribution in [1.82, 2.24) is 0 Å². The molecule has 0 heterocycles. The van der Waals surface area contributed by atoms with Gasteiger partial charge < -0.3 is 33.8 Å². The molecule has 590 valence electrons. The molecule has 0 aromatic heterocycles. The van der Waals surface area contributed by atoms with Crippen molar-refractivity contribution in [3.63, 3.8) is 0 Å². The molecule has 17 nitrogen and oxygen atoms in total. The topological polar surface area (TPSA) is 237 Å². The molecule has 104 heavy (non-hydrogen) atoms. The van der Waals surface area contributed by atoms with Gasteiger partial charge in [0.2, 0.25) is 0 Å². The highest BCUT2D eigenvalue weighted by Crippen LogP contribution is 2.45. The molecule has 0 aliphatic rings. The van der Waals surface area contributed by atoms with E-state index in [-0.39, 0.29) is 25.7 Å². The lowest BCUT2D eigenvalue weighted by Gasteiger charge is -2.21. The van der Waals surface area contributed by atoms with E-state index < -0.39 is 97.5 Å². The normalized spacial score (nSPS) is 14.8. The third kappa shape index (κ3) is 74.7. The molecule has 0 spiro atoms. The summed E-state index contributed by atoms with van der Waals surface area (Å²) in [6.45, 7) is 4.37. The second-order valence-electron chi connectivity index (χ2n) is 25.5. The summed E-state index contributed by atoms with van der Waals surface area (Å²) in [5, 5.41) is 10.6. The van der Waals surface area contributed by atoms with Crippen LogP contribution in [0.5, 0.6) is 0 Å². The van der Waals surface area contributed by atoms with E-state index in [2.05, 4.69) is 198 Å². The highest BCUT2D eigenvalue weighted by molar-refractivity contribution is 7.47. The minimum Gasteiger partial charge on any atom is -0.462 e. The largest absolute Gasteiger partial charge is 0.472 e. The number of hydrogen-bond acceptors (Lipinski definition) is 15. The Balaban J connectivity index is 5.46. The highest BCUT2D eigenvalue weighted by Gasteiger charge is 2.30. The first kappa shape index (κ1) is 98.4. The van der Waals surface area contributed by atoms with Crippen molar-refractivity contribution in [2.45, 2.75) is 303 Å². The number of carbonyl (C=O) groups is 4. The zero-order chi connectivity index (χ0) is 76.0. The van der Waals surface area contributed by atoms with Crippen LogP contribution in [0, 0.1) is 0 Å². The van der Waals surface area contributed by atoms with E-state index in [1.807, 2.05) is 0 Å². The molecule has 0 saturated heterocycles. The van der Waals surface area contributed by atoms with Crippen molar-refractivity contribution >= 4 is 39.5 Å². The molecule has 0 fully saturated rings. The predicted molar refractivity (Wildman–Crippen MR) is 426 cm³/mol. The van der Waals surface area contributed by atoms with Gasteiger partial charge in [0, 0.05) is 25.7 Å². The average molecular weight is 1490 g/mol. The SMILES string of the molecule is CC/C=C\C/C=C\C/C=C\C/C=C\C/C=C\CCCCCC(=O)OCC(COP(=O)(O)OCC(O)COP(=O)(O)OCC(COC(=O)CCCCCC/C=C\C/C=C\C/C=C\C/C=C\CC)OC(=O)CCCCCCC/C=C\CCCCCC)OC(=O)CCCC/C=C\C/C=C\C/C=C\C/C=C\CC. The molecule has 0 aliphatic carbocycles. The standard InChI is InChI=1S/C85H138O17P2/c1-5-9-13-17-21-25-29-33-36-38-39-41-44-47-50-54-58-62-66-70-83(88)96-76-81(102-85(90)72-68-64-60-56-52-48-42-35-31-27-23-19-15-11-7-3)78-100-104(93,94)98-74-79(86)73-97-103(91,92)99-77-80(101-84(89)71-67-63-59-55-51-45-32-28-24-20-16-12-8-4)75-95-82(87)69-65-61-57-53-49-46-43-40-37-34-30-26-22-18-14-10-6-2/h9-11,13-15,21-23,25-28,32-37,39,41-43,46-47,50,52,56,79-81,86H,5-8,12,16-20,24,29-31,38,40,44-45,48-49,51,53-55,57-78H2,1-4H3,(H,91,92)(H,93,94)/b13-9-,14-10-,15-11-,25-21-,26-22-,27-23-,32-28-,36-33-,37-34-,41-39-,42-35-,46-43-,50-47-,56-52-. The molecule has 19 heteroatoms. The summed E-state index contributed by atoms with van der Waals surface area (Å²) in [6, 6.07) is 0. The zero-order valence-corrected chi connectivity index (χ0v) is 66.2. The van der Waals surface area contributed by atoms with E-state index >= 15 is 0 Å². The summed E-state index contributed by atoms with van der Waals surface area (Å²) in [5.74, 6) is -2.31. The van der Waals surface area contributed by atoms with Gasteiger partial charge in [-0.3, -0.25) is 37.3 Å². The number of phosphoric acid groups is 2. The molecule has 0 rings (SSSR count). The van der Waals surface area contributed by atoms with Crippen LogP contribution < -0.4 is 0 Å². The summed E-state index contributed by atoms with van der Waals surface area (Å²) in [6.07, 6.45) is 89.1. The van der Waals surface area contributed by atoms with Crippen molar-refractivity contribution in [2.24, 2.45) is 0 Å². The predicted octanol–water partition coefficient (Wildman–Crippen LogP) is 23.0. The summed E-state index contributed by atoms with van der Waals surface area (Å²) in [4.78, 5) is 73.0. The Morgan fingerprint density at radius 2 is 0.500 bits per heavy atom. The van der Waals surface area contributed by atoms with Crippen LogP contribution in [0.25, 0.3) is 0 Å². The molecule has 0 aliphatic heterocycles. The van der Waals surface area contributed by atoms with Crippen LogP contribution in [0.4, 0.5) is 0 Å². The van der Waals surface area contributed by atoms with Crippen LogP contribution >= 0.6 is 15.6 Å². The maximum atomic E-state index is 13.1. The lowest BCUT2D eigenvalue weighted by Crippen LogP contribution is -2.30. The van der Waals surface area contributed by atoms with Crippen LogP contribution in [0.2, 0.25) is 0 Å². The highest BCUT2D eigenvalue weighted by atomic mass is 31.2. The van der Waals surface area contributed by atoms with Gasteiger partial charge in [0.25, 0.3) is 0 Å². The number of esters is 4. The lowest BCUT2D eigenvalue weighted by molar-refractivity contribution is -0.161. The van der Waals surface area contributed by atoms with Gasteiger partial charge in [-0.05, 0) is 173 Å². The molecule has 0 amide bonds. The fourth-order valence-corrected chi connectivity index (χ4v) is 11.3. The molecular weight excluding hydrogens is 1350 g/mol. The van der Waals surface area contributed by atoms with Crippen molar-refractivity contribution in [3.05, 3.63) is 170 Å². The number of unbranched alkanes of at least 4 members (excludes halogenated alkanes) is 18. The monoisotopic (exact) mass is 1490 g/mol. The van der Waals surface area contributed by atoms with Gasteiger partial charge in [-0.1, -0.05) is 256 Å². The lowest BCUT2D eigenvalue weighted by atomic mass is 10.1. The van der Waals surface area contributed by atoms with Crippen LogP contribution in [0.3, 0.4) is 0 Å². The van der Waals surface area contributed by atoms with Crippen LogP contribution in [0.15, 0.2) is 170 Å². The summed E-state index contributed by atoms with van der Waals surface area (Å²) < 4.78 is 68.5. The Bertz CT molecular complexity index is 2640. The first-order valence-electron chi connectivity index (χ1n) is 39.4. The van der Waals surface area contributed by atoms with Gasteiger partial charge in [0.05, 0.1) is 26.4 Å². The second-order valence-corrected chi connectivity index (χ2v) is 28.4. The Morgan fingerprint density at radius 1 is 0.279 bits per heavy atom. The Labute approximate surface area is 629 Å². The first-order chi connectivity index (χ1) is 50.7. The smallest absolute Gasteiger partial charge is 0.462 e. The number of allylic oxidation sites excluding steroid dienone is 28. The molecule has 3 N–H and O–H groups in total. The number of ether oxygens (including phenoxy) is 4. The molecule has 0 saturated carbocycles. The number of aliphatic hydroxyl groups excluding tert-OH is 1. The van der Waals surface area contributed by atoms with E-state index in [0.29, 0.717) is 32.1 Å². The molecule has 0 bridgehead atoms. The molecular formula is C85H138O17P2. The van der Waals surface area contributed by atoms with Gasteiger partial charge >= 0.3 is 39.5 Å². The first-order valence-corrected chi connectivity index (χ1v) is 42.4. The van der Waals surface area contributed by atoms with E-state index in [1.54, 1.807) is 0 Å². The van der Waals surface area contributed by atoms with E-state index in [1.165, 1.54) is 25.7 Å². The zero-order valence-electron chi connectivity index (χ0n) is 64.4. The third-order valence-electron chi connectivity index (χ3n) is 15.7. The van der Waals surface area contributed by atoms with E-state index in [9.17, 15) is 43.2 Å². The quantitative estimate of drug-likeness (QED) is 0.0169. The average Bonchev–Trinajstić information content (AvgIpc) is 0.911. The molecule has 5 atom stereocenters. The van der Waals surface area contributed by atoms with Gasteiger partial charge in [0.15, 0.2) is 12.2 Å².